The fourth-order valence-electron chi connectivity index (χ4n) is 2.82. The van der Waals surface area contributed by atoms with Crippen molar-refractivity contribution in [2.75, 3.05) is 53.5 Å². The van der Waals surface area contributed by atoms with Gasteiger partial charge in [-0.05, 0) is 37.6 Å². The minimum absolute atomic E-state index is 0.746. The molecule has 2 rings (SSSR count). The van der Waals surface area contributed by atoms with Gasteiger partial charge in [0.25, 0.3) is 0 Å². The molecule has 0 spiro atoms. The molecule has 0 bridgehead atoms. The molecule has 0 amide bonds. The van der Waals surface area contributed by atoms with E-state index in [-0.39, 0.29) is 0 Å². The van der Waals surface area contributed by atoms with Crippen molar-refractivity contribution in [3.05, 3.63) is 23.8 Å². The summed E-state index contributed by atoms with van der Waals surface area (Å²) in [5, 5.41) is 0. The summed E-state index contributed by atoms with van der Waals surface area (Å²) in [6.07, 6.45) is 3.29. The van der Waals surface area contributed by atoms with Crippen molar-refractivity contribution >= 4 is 0 Å². The second kappa shape index (κ2) is 9.01. The fourth-order valence-corrected chi connectivity index (χ4v) is 2.82. The van der Waals surface area contributed by atoms with Crippen LogP contribution >= 0.6 is 0 Å². The summed E-state index contributed by atoms with van der Waals surface area (Å²) in [6.45, 7) is 8.74. The van der Waals surface area contributed by atoms with Gasteiger partial charge in [-0.25, -0.2) is 0 Å². The number of aryl methyl sites for hydroxylation is 1. The third-order valence-corrected chi connectivity index (χ3v) is 4.24. The minimum Gasteiger partial charge on any atom is -0.493 e. The third-order valence-electron chi connectivity index (χ3n) is 4.24. The number of nitrogens with zero attached hydrogens (tertiary/aromatic N) is 2. The highest BCUT2D eigenvalue weighted by atomic mass is 16.5. The number of methoxy groups -OCH3 is 1. The van der Waals surface area contributed by atoms with Gasteiger partial charge in [-0.15, -0.1) is 0 Å². The zero-order valence-electron chi connectivity index (χ0n) is 14.3. The first-order valence-electron chi connectivity index (χ1n) is 8.43. The molecule has 1 aromatic carbocycles. The van der Waals surface area contributed by atoms with Gasteiger partial charge in [0.15, 0.2) is 11.5 Å². The van der Waals surface area contributed by atoms with E-state index in [9.17, 15) is 0 Å². The van der Waals surface area contributed by atoms with E-state index in [1.807, 2.05) is 6.07 Å². The fraction of sp³-hybridized carbons (Fsp3) is 0.667. The predicted molar refractivity (Wildman–Crippen MR) is 91.0 cm³/mol. The molecule has 0 aliphatic carbocycles. The number of benzene rings is 1. The number of piperazine rings is 1. The van der Waals surface area contributed by atoms with Crippen molar-refractivity contribution in [2.45, 2.75) is 26.2 Å². The first-order valence-corrected chi connectivity index (χ1v) is 8.43. The van der Waals surface area contributed by atoms with Crippen LogP contribution in [-0.2, 0) is 6.42 Å². The van der Waals surface area contributed by atoms with Gasteiger partial charge in [-0.2, -0.15) is 0 Å². The Morgan fingerprint density at radius 1 is 1.09 bits per heavy atom. The zero-order valence-corrected chi connectivity index (χ0v) is 14.3. The van der Waals surface area contributed by atoms with Gasteiger partial charge < -0.3 is 19.3 Å². The Balaban J connectivity index is 1.74. The van der Waals surface area contributed by atoms with E-state index >= 15 is 0 Å². The summed E-state index contributed by atoms with van der Waals surface area (Å²) >= 11 is 0. The summed E-state index contributed by atoms with van der Waals surface area (Å²) in [5.74, 6) is 1.71. The molecule has 0 saturated carbocycles. The van der Waals surface area contributed by atoms with Gasteiger partial charge >= 0.3 is 0 Å². The standard InChI is InChI=1S/C18H30N2O2/c1-4-6-16-7-8-17(18(15-16)21-3)22-14-5-9-20-12-10-19(2)11-13-20/h7-8,15H,4-6,9-14H2,1-3H3. The highest BCUT2D eigenvalue weighted by Gasteiger charge is 2.13. The lowest BCUT2D eigenvalue weighted by molar-refractivity contribution is 0.145. The van der Waals surface area contributed by atoms with Crippen molar-refractivity contribution in [1.29, 1.82) is 0 Å². The topological polar surface area (TPSA) is 24.9 Å². The lowest BCUT2D eigenvalue weighted by Crippen LogP contribution is -2.44. The Kier molecular flexibility index (Phi) is 7.00. The molecule has 0 unspecified atom stereocenters. The van der Waals surface area contributed by atoms with E-state index in [1.165, 1.54) is 31.7 Å². The molecule has 1 aliphatic rings. The van der Waals surface area contributed by atoms with Crippen LogP contribution in [0.5, 0.6) is 11.5 Å². The summed E-state index contributed by atoms with van der Waals surface area (Å²) in [6, 6.07) is 6.28. The normalized spacial score (nSPS) is 16.7. The largest absolute Gasteiger partial charge is 0.493 e. The number of rotatable bonds is 8. The number of hydrogen-bond donors (Lipinski definition) is 0. The maximum absolute atomic E-state index is 5.91. The van der Waals surface area contributed by atoms with Gasteiger partial charge in [-0.1, -0.05) is 19.4 Å². The lowest BCUT2D eigenvalue weighted by atomic mass is 10.1. The molecule has 22 heavy (non-hydrogen) atoms. The Bertz CT molecular complexity index is 443. The van der Waals surface area contributed by atoms with Crippen molar-refractivity contribution in [3.8, 4) is 11.5 Å². The monoisotopic (exact) mass is 306 g/mol. The molecule has 1 fully saturated rings. The maximum atomic E-state index is 5.91. The average molecular weight is 306 g/mol. The Morgan fingerprint density at radius 2 is 1.86 bits per heavy atom. The average Bonchev–Trinajstić information content (AvgIpc) is 2.54. The second-order valence-corrected chi connectivity index (χ2v) is 6.08. The molecule has 124 valence electrons. The highest BCUT2D eigenvalue weighted by molar-refractivity contribution is 5.43. The van der Waals surface area contributed by atoms with Crippen LogP contribution in [0.4, 0.5) is 0 Å². The van der Waals surface area contributed by atoms with Crippen LogP contribution in [0.1, 0.15) is 25.3 Å². The molecule has 1 aliphatic heterocycles. The Labute approximate surface area is 135 Å². The van der Waals surface area contributed by atoms with Crippen LogP contribution in [-0.4, -0.2) is 63.3 Å². The lowest BCUT2D eigenvalue weighted by Gasteiger charge is -2.32. The van der Waals surface area contributed by atoms with E-state index in [0.29, 0.717) is 0 Å². The first-order chi connectivity index (χ1) is 10.7. The quantitative estimate of drug-likeness (QED) is 0.689. The SMILES string of the molecule is CCCc1ccc(OCCCN2CCN(C)CC2)c(OC)c1. The van der Waals surface area contributed by atoms with Crippen molar-refractivity contribution in [3.63, 3.8) is 0 Å². The maximum Gasteiger partial charge on any atom is 0.161 e. The van der Waals surface area contributed by atoms with Crippen LogP contribution in [0.15, 0.2) is 18.2 Å². The number of hydrogen-bond acceptors (Lipinski definition) is 4. The second-order valence-electron chi connectivity index (χ2n) is 6.08. The van der Waals surface area contributed by atoms with E-state index < -0.39 is 0 Å². The van der Waals surface area contributed by atoms with Gasteiger partial charge in [-0.3, -0.25) is 0 Å². The summed E-state index contributed by atoms with van der Waals surface area (Å²) in [4.78, 5) is 4.90. The molecule has 4 nitrogen and oxygen atoms in total. The molecule has 1 aromatic rings. The molecular formula is C18H30N2O2. The molecule has 1 heterocycles. The van der Waals surface area contributed by atoms with Crippen molar-refractivity contribution < 1.29 is 9.47 Å². The van der Waals surface area contributed by atoms with Crippen LogP contribution in [0.3, 0.4) is 0 Å². The molecule has 0 N–H and O–H groups in total. The number of likely N-dealkylation sites (N-methyl/N-ethyl adjacent to an activating group) is 1. The van der Waals surface area contributed by atoms with E-state index in [2.05, 4.69) is 35.9 Å². The van der Waals surface area contributed by atoms with Crippen LogP contribution in [0.25, 0.3) is 0 Å². The predicted octanol–water partition coefficient (Wildman–Crippen LogP) is 2.66. The van der Waals surface area contributed by atoms with Gasteiger partial charge in [0.2, 0.25) is 0 Å². The van der Waals surface area contributed by atoms with Crippen LogP contribution in [0.2, 0.25) is 0 Å². The van der Waals surface area contributed by atoms with E-state index in [1.54, 1.807) is 7.11 Å². The van der Waals surface area contributed by atoms with E-state index in [0.717, 1.165) is 43.9 Å². The Hall–Kier alpha value is -1.26. The third kappa shape index (κ3) is 5.18. The van der Waals surface area contributed by atoms with Crippen molar-refractivity contribution in [1.82, 2.24) is 9.80 Å². The summed E-state index contributed by atoms with van der Waals surface area (Å²) in [5.41, 5.74) is 1.31. The molecule has 1 saturated heterocycles. The summed E-state index contributed by atoms with van der Waals surface area (Å²) < 4.78 is 11.4. The zero-order chi connectivity index (χ0) is 15.8. The smallest absolute Gasteiger partial charge is 0.161 e. The Morgan fingerprint density at radius 3 is 2.55 bits per heavy atom. The molecule has 0 radical (unpaired) electrons. The van der Waals surface area contributed by atoms with Crippen molar-refractivity contribution in [2.24, 2.45) is 0 Å². The van der Waals surface area contributed by atoms with Crippen LogP contribution < -0.4 is 9.47 Å². The summed E-state index contributed by atoms with van der Waals surface area (Å²) in [7, 11) is 3.90. The van der Waals surface area contributed by atoms with Crippen LogP contribution in [0, 0.1) is 0 Å². The first kappa shape index (κ1) is 17.1. The highest BCUT2D eigenvalue weighted by Crippen LogP contribution is 2.28. The minimum atomic E-state index is 0.746. The molecule has 0 atom stereocenters. The molecular weight excluding hydrogens is 276 g/mol. The number of ether oxygens (including phenoxy) is 2. The van der Waals surface area contributed by atoms with E-state index in [4.69, 9.17) is 9.47 Å². The molecule has 4 heteroatoms. The van der Waals surface area contributed by atoms with Gasteiger partial charge in [0.1, 0.15) is 0 Å². The van der Waals surface area contributed by atoms with Gasteiger partial charge in [0.05, 0.1) is 13.7 Å². The molecule has 0 aromatic heterocycles. The van der Waals surface area contributed by atoms with Gasteiger partial charge in [0, 0.05) is 32.7 Å².